The molecule has 0 saturated heterocycles. The van der Waals surface area contributed by atoms with Crippen LogP contribution in [0.5, 0.6) is 0 Å². The number of hydrogen-bond donors (Lipinski definition) is 0. The van der Waals surface area contributed by atoms with Crippen LogP contribution in [0.1, 0.15) is 22.3 Å². The molecule has 0 aromatic heterocycles. The van der Waals surface area contributed by atoms with Crippen molar-refractivity contribution in [2.24, 2.45) is 0 Å². The normalized spacial score (nSPS) is 9.31. The summed E-state index contributed by atoms with van der Waals surface area (Å²) in [6, 6.07) is 5.97. The highest BCUT2D eigenvalue weighted by molar-refractivity contribution is 5.97. The summed E-state index contributed by atoms with van der Waals surface area (Å²) in [6.07, 6.45) is -0.277. The van der Waals surface area contributed by atoms with Crippen molar-refractivity contribution >= 4 is 5.78 Å². The zero-order chi connectivity index (χ0) is 9.84. The second-order valence-corrected chi connectivity index (χ2v) is 2.74. The monoisotopic (exact) mass is 177 g/mol. The van der Waals surface area contributed by atoms with Gasteiger partial charge in [-0.25, -0.2) is 4.39 Å². The fourth-order valence-electron chi connectivity index (χ4n) is 1.02. The number of carbonyl (C=O) groups excluding carboxylic acids is 1. The lowest BCUT2D eigenvalue weighted by Gasteiger charge is -1.99. The van der Waals surface area contributed by atoms with E-state index >= 15 is 0 Å². The van der Waals surface area contributed by atoms with Crippen LogP contribution >= 0.6 is 0 Å². The van der Waals surface area contributed by atoms with E-state index in [2.05, 4.69) is 0 Å². The molecule has 0 atom stereocenters. The van der Waals surface area contributed by atoms with Crippen molar-refractivity contribution in [1.29, 1.82) is 5.26 Å². The molecule has 0 fully saturated rings. The zero-order valence-electron chi connectivity index (χ0n) is 7.17. The van der Waals surface area contributed by atoms with Crippen LogP contribution in [0.2, 0.25) is 0 Å². The van der Waals surface area contributed by atoms with E-state index in [0.29, 0.717) is 0 Å². The van der Waals surface area contributed by atoms with Crippen molar-refractivity contribution in [1.82, 2.24) is 0 Å². The summed E-state index contributed by atoms with van der Waals surface area (Å²) in [4.78, 5) is 11.2. The molecule has 0 saturated carbocycles. The molecule has 0 N–H and O–H groups in total. The first-order valence-electron chi connectivity index (χ1n) is 3.81. The van der Waals surface area contributed by atoms with Gasteiger partial charge in [-0.3, -0.25) is 4.79 Å². The van der Waals surface area contributed by atoms with Crippen molar-refractivity contribution < 1.29 is 9.18 Å². The van der Waals surface area contributed by atoms with Crippen LogP contribution in [-0.2, 0) is 0 Å². The van der Waals surface area contributed by atoms with Gasteiger partial charge in [0, 0.05) is 0 Å². The number of carbonyl (C=O) groups is 1. The second-order valence-electron chi connectivity index (χ2n) is 2.74. The Kier molecular flexibility index (Phi) is 2.76. The number of rotatable bonds is 2. The van der Waals surface area contributed by atoms with E-state index in [4.69, 9.17) is 5.26 Å². The topological polar surface area (TPSA) is 40.9 Å². The summed E-state index contributed by atoms with van der Waals surface area (Å²) in [7, 11) is 0. The number of nitrogens with zero attached hydrogens (tertiary/aromatic N) is 1. The lowest BCUT2D eigenvalue weighted by molar-refractivity contribution is 0.0994. The predicted molar refractivity (Wildman–Crippen MR) is 45.7 cm³/mol. The van der Waals surface area contributed by atoms with E-state index in [0.717, 1.165) is 5.56 Å². The molecule has 3 heteroatoms. The molecule has 0 bridgehead atoms. The van der Waals surface area contributed by atoms with Crippen LogP contribution in [0.3, 0.4) is 0 Å². The predicted octanol–water partition coefficient (Wildman–Crippen LogP) is 2.23. The average molecular weight is 177 g/mol. The van der Waals surface area contributed by atoms with Gasteiger partial charge in [-0.2, -0.15) is 5.26 Å². The van der Waals surface area contributed by atoms with Crippen molar-refractivity contribution in [2.45, 2.75) is 13.3 Å². The number of hydrogen-bond acceptors (Lipinski definition) is 2. The Bertz CT molecular complexity index is 379. The number of Topliss-reactive ketones (excluding diaryl/α,β-unsaturated/α-hetero) is 1. The Labute approximate surface area is 75.6 Å². The molecule has 1 aromatic rings. The molecule has 0 aliphatic carbocycles. The SMILES string of the molecule is Cc1ccc(F)c(C(=O)CC#N)c1. The fraction of sp³-hybridized carbons (Fsp3) is 0.200. The third-order valence-electron chi connectivity index (χ3n) is 1.66. The van der Waals surface area contributed by atoms with Crippen LogP contribution < -0.4 is 0 Å². The maximum absolute atomic E-state index is 13.0. The molecule has 0 radical (unpaired) electrons. The first-order chi connectivity index (χ1) is 6.15. The van der Waals surface area contributed by atoms with Gasteiger partial charge in [0.15, 0.2) is 5.78 Å². The second kappa shape index (κ2) is 3.81. The third kappa shape index (κ3) is 2.12. The van der Waals surface area contributed by atoms with Crippen molar-refractivity contribution in [3.8, 4) is 6.07 Å². The summed E-state index contributed by atoms with van der Waals surface area (Å²) in [5.41, 5.74) is 0.809. The van der Waals surface area contributed by atoms with Gasteiger partial charge in [0.25, 0.3) is 0 Å². The highest BCUT2D eigenvalue weighted by atomic mass is 19.1. The summed E-state index contributed by atoms with van der Waals surface area (Å²) in [5.74, 6) is -1.03. The van der Waals surface area contributed by atoms with E-state index in [9.17, 15) is 9.18 Å². The highest BCUT2D eigenvalue weighted by Gasteiger charge is 2.10. The number of aryl methyl sites for hydroxylation is 1. The van der Waals surface area contributed by atoms with Crippen molar-refractivity contribution in [3.05, 3.63) is 35.1 Å². The first kappa shape index (κ1) is 9.40. The standard InChI is InChI=1S/C10H8FNO/c1-7-2-3-9(11)8(6-7)10(13)4-5-12/h2-3,6H,4H2,1H3. The maximum Gasteiger partial charge on any atom is 0.179 e. The number of nitriles is 1. The summed E-state index contributed by atoms with van der Waals surface area (Å²) >= 11 is 0. The van der Waals surface area contributed by atoms with Crippen LogP contribution in [0.25, 0.3) is 0 Å². The Hall–Kier alpha value is -1.69. The number of ketones is 1. The van der Waals surface area contributed by atoms with Crippen LogP contribution in [0, 0.1) is 24.1 Å². The molecular weight excluding hydrogens is 169 g/mol. The molecule has 1 rings (SSSR count). The smallest absolute Gasteiger partial charge is 0.179 e. The van der Waals surface area contributed by atoms with Gasteiger partial charge in [0.2, 0.25) is 0 Å². The molecule has 1 aromatic carbocycles. The molecule has 13 heavy (non-hydrogen) atoms. The van der Waals surface area contributed by atoms with Crippen molar-refractivity contribution in [2.75, 3.05) is 0 Å². The average Bonchev–Trinajstić information content (AvgIpc) is 2.09. The molecular formula is C10H8FNO. The van der Waals surface area contributed by atoms with E-state index in [1.807, 2.05) is 0 Å². The molecule has 0 unspecified atom stereocenters. The van der Waals surface area contributed by atoms with Gasteiger partial charge in [0.1, 0.15) is 5.82 Å². The van der Waals surface area contributed by atoms with E-state index in [1.165, 1.54) is 12.1 Å². The maximum atomic E-state index is 13.0. The molecule has 0 aliphatic rings. The third-order valence-corrected chi connectivity index (χ3v) is 1.66. The lowest BCUT2D eigenvalue weighted by atomic mass is 10.1. The van der Waals surface area contributed by atoms with Gasteiger partial charge in [0.05, 0.1) is 18.1 Å². The Morgan fingerprint density at radius 1 is 1.62 bits per heavy atom. The molecule has 0 amide bonds. The molecule has 2 nitrogen and oxygen atoms in total. The van der Waals surface area contributed by atoms with Crippen molar-refractivity contribution in [3.63, 3.8) is 0 Å². The van der Waals surface area contributed by atoms with Gasteiger partial charge in [-0.05, 0) is 19.1 Å². The van der Waals surface area contributed by atoms with E-state index < -0.39 is 11.6 Å². The van der Waals surface area contributed by atoms with Crippen LogP contribution in [-0.4, -0.2) is 5.78 Å². The zero-order valence-corrected chi connectivity index (χ0v) is 7.17. The van der Waals surface area contributed by atoms with E-state index in [-0.39, 0.29) is 12.0 Å². The Balaban J connectivity index is 3.07. The van der Waals surface area contributed by atoms with E-state index in [1.54, 1.807) is 19.1 Å². The van der Waals surface area contributed by atoms with Gasteiger partial charge in [-0.1, -0.05) is 11.6 Å². The number of benzene rings is 1. The molecule has 0 heterocycles. The Morgan fingerprint density at radius 2 is 2.31 bits per heavy atom. The minimum absolute atomic E-state index is 0.00144. The first-order valence-corrected chi connectivity index (χ1v) is 3.81. The minimum atomic E-state index is -0.564. The van der Waals surface area contributed by atoms with Crippen LogP contribution in [0.4, 0.5) is 4.39 Å². The Morgan fingerprint density at radius 3 is 2.92 bits per heavy atom. The van der Waals surface area contributed by atoms with Crippen LogP contribution in [0.15, 0.2) is 18.2 Å². The fourth-order valence-corrected chi connectivity index (χ4v) is 1.02. The molecule has 0 spiro atoms. The summed E-state index contributed by atoms with van der Waals surface area (Å²) in [6.45, 7) is 1.77. The summed E-state index contributed by atoms with van der Waals surface area (Å²) in [5, 5.41) is 8.26. The molecule has 0 aliphatic heterocycles. The largest absolute Gasteiger partial charge is 0.293 e. The minimum Gasteiger partial charge on any atom is -0.293 e. The summed E-state index contributed by atoms with van der Waals surface area (Å²) < 4.78 is 13.0. The quantitative estimate of drug-likeness (QED) is 0.650. The van der Waals surface area contributed by atoms with Gasteiger partial charge >= 0.3 is 0 Å². The highest BCUT2D eigenvalue weighted by Crippen LogP contribution is 2.11. The van der Waals surface area contributed by atoms with Gasteiger partial charge in [-0.15, -0.1) is 0 Å². The molecule has 66 valence electrons. The lowest BCUT2D eigenvalue weighted by Crippen LogP contribution is -2.01. The van der Waals surface area contributed by atoms with Gasteiger partial charge < -0.3 is 0 Å². The number of halogens is 1.